The maximum atomic E-state index is 12.0. The van der Waals surface area contributed by atoms with Crippen molar-refractivity contribution in [3.63, 3.8) is 0 Å². The number of rotatable bonds is 10. The van der Waals surface area contributed by atoms with Gasteiger partial charge in [0, 0.05) is 18.2 Å². The van der Waals surface area contributed by atoms with E-state index in [-0.39, 0.29) is 12.6 Å². The molecule has 0 saturated heterocycles. The SMILES string of the molecule is CCCOc1ccccc1C(CCOCC(F)F)NC. The topological polar surface area (TPSA) is 30.5 Å². The van der Waals surface area contributed by atoms with Crippen LogP contribution in [0.3, 0.4) is 0 Å². The quantitative estimate of drug-likeness (QED) is 0.669. The van der Waals surface area contributed by atoms with Crippen molar-refractivity contribution in [3.8, 4) is 5.75 Å². The van der Waals surface area contributed by atoms with Gasteiger partial charge in [-0.1, -0.05) is 25.1 Å². The van der Waals surface area contributed by atoms with Crippen LogP contribution in [0.1, 0.15) is 31.4 Å². The predicted octanol–water partition coefficient (Wildman–Crippen LogP) is 3.41. The lowest BCUT2D eigenvalue weighted by atomic mass is 10.0. The van der Waals surface area contributed by atoms with Gasteiger partial charge in [-0.05, 0) is 26.0 Å². The number of para-hydroxylation sites is 1. The number of hydrogen-bond acceptors (Lipinski definition) is 3. The Labute approximate surface area is 119 Å². The fourth-order valence-electron chi connectivity index (χ4n) is 1.94. The summed E-state index contributed by atoms with van der Waals surface area (Å²) in [5.41, 5.74) is 1.03. The molecule has 1 aromatic rings. The molecule has 5 heteroatoms. The number of alkyl halides is 2. The van der Waals surface area contributed by atoms with E-state index in [4.69, 9.17) is 9.47 Å². The van der Waals surface area contributed by atoms with E-state index in [9.17, 15) is 8.78 Å². The number of benzene rings is 1. The Morgan fingerprint density at radius 1 is 1.20 bits per heavy atom. The van der Waals surface area contributed by atoms with Gasteiger partial charge in [0.25, 0.3) is 6.43 Å². The monoisotopic (exact) mass is 287 g/mol. The van der Waals surface area contributed by atoms with Crippen LogP contribution in [0.15, 0.2) is 24.3 Å². The van der Waals surface area contributed by atoms with Gasteiger partial charge in [-0.15, -0.1) is 0 Å². The first-order valence-electron chi connectivity index (χ1n) is 6.93. The number of hydrogen-bond donors (Lipinski definition) is 1. The minimum Gasteiger partial charge on any atom is -0.493 e. The average Bonchev–Trinajstić information content (AvgIpc) is 2.45. The third kappa shape index (κ3) is 5.84. The summed E-state index contributed by atoms with van der Waals surface area (Å²) in [6, 6.07) is 7.81. The normalized spacial score (nSPS) is 12.7. The highest BCUT2D eigenvalue weighted by Crippen LogP contribution is 2.27. The summed E-state index contributed by atoms with van der Waals surface area (Å²) in [5.74, 6) is 0.836. The van der Waals surface area contributed by atoms with E-state index in [2.05, 4.69) is 12.2 Å². The highest BCUT2D eigenvalue weighted by atomic mass is 19.3. The molecular weight excluding hydrogens is 264 g/mol. The zero-order valence-corrected chi connectivity index (χ0v) is 12.1. The van der Waals surface area contributed by atoms with Crippen LogP contribution < -0.4 is 10.1 Å². The second kappa shape index (κ2) is 9.66. The third-order valence-corrected chi connectivity index (χ3v) is 2.90. The predicted molar refractivity (Wildman–Crippen MR) is 75.5 cm³/mol. The van der Waals surface area contributed by atoms with Crippen molar-refractivity contribution in [2.24, 2.45) is 0 Å². The lowest BCUT2D eigenvalue weighted by Gasteiger charge is -2.20. The Bertz CT molecular complexity index is 375. The summed E-state index contributed by atoms with van der Waals surface area (Å²) in [5, 5.41) is 3.18. The van der Waals surface area contributed by atoms with E-state index in [1.165, 1.54) is 0 Å². The number of halogens is 2. The van der Waals surface area contributed by atoms with Crippen molar-refractivity contribution in [1.82, 2.24) is 5.32 Å². The summed E-state index contributed by atoms with van der Waals surface area (Å²) in [4.78, 5) is 0. The number of ether oxygens (including phenoxy) is 2. The molecule has 3 nitrogen and oxygen atoms in total. The summed E-state index contributed by atoms with van der Waals surface area (Å²) in [6.45, 7) is 2.49. The molecule has 1 unspecified atom stereocenters. The van der Waals surface area contributed by atoms with E-state index < -0.39 is 13.0 Å². The van der Waals surface area contributed by atoms with Gasteiger partial charge in [0.15, 0.2) is 0 Å². The standard InChI is InChI=1S/C15H23F2NO2/c1-3-9-20-14-7-5-4-6-12(14)13(18-2)8-10-19-11-15(16)17/h4-7,13,15,18H,3,8-11H2,1-2H3. The Kier molecular flexibility index (Phi) is 8.14. The fourth-order valence-corrected chi connectivity index (χ4v) is 1.94. The van der Waals surface area contributed by atoms with Crippen LogP contribution in [-0.2, 0) is 4.74 Å². The van der Waals surface area contributed by atoms with Crippen LogP contribution in [0.4, 0.5) is 8.78 Å². The minimum absolute atomic E-state index is 0.0285. The molecule has 0 aromatic heterocycles. The molecular formula is C15H23F2NO2. The molecule has 1 atom stereocenters. The summed E-state index contributed by atoms with van der Waals surface area (Å²) >= 11 is 0. The summed E-state index contributed by atoms with van der Waals surface area (Å²) in [7, 11) is 1.84. The second-order valence-corrected chi connectivity index (χ2v) is 4.48. The van der Waals surface area contributed by atoms with Crippen LogP contribution in [-0.4, -0.2) is 33.3 Å². The molecule has 0 heterocycles. The van der Waals surface area contributed by atoms with Crippen LogP contribution in [0.2, 0.25) is 0 Å². The van der Waals surface area contributed by atoms with Crippen LogP contribution in [0.5, 0.6) is 5.75 Å². The maximum absolute atomic E-state index is 12.0. The van der Waals surface area contributed by atoms with Gasteiger partial charge in [0.1, 0.15) is 12.4 Å². The van der Waals surface area contributed by atoms with Crippen molar-refractivity contribution in [1.29, 1.82) is 0 Å². The van der Waals surface area contributed by atoms with E-state index in [1.807, 2.05) is 31.3 Å². The van der Waals surface area contributed by atoms with Crippen molar-refractivity contribution in [3.05, 3.63) is 29.8 Å². The van der Waals surface area contributed by atoms with Gasteiger partial charge in [-0.2, -0.15) is 0 Å². The molecule has 1 rings (SSSR count). The molecule has 0 amide bonds. The zero-order valence-electron chi connectivity index (χ0n) is 12.1. The fraction of sp³-hybridized carbons (Fsp3) is 0.600. The first-order chi connectivity index (χ1) is 9.69. The maximum Gasteiger partial charge on any atom is 0.261 e. The smallest absolute Gasteiger partial charge is 0.261 e. The number of nitrogens with one attached hydrogen (secondary N) is 1. The van der Waals surface area contributed by atoms with Gasteiger partial charge < -0.3 is 14.8 Å². The molecule has 0 bridgehead atoms. The summed E-state index contributed by atoms with van der Waals surface area (Å²) in [6.07, 6.45) is -0.852. The molecule has 0 aliphatic carbocycles. The molecule has 114 valence electrons. The Balaban J connectivity index is 2.59. The van der Waals surface area contributed by atoms with Crippen molar-refractivity contribution in [2.75, 3.05) is 26.9 Å². The molecule has 0 radical (unpaired) electrons. The first kappa shape index (κ1) is 16.9. The molecule has 0 saturated carbocycles. The highest BCUT2D eigenvalue weighted by Gasteiger charge is 2.14. The van der Waals surface area contributed by atoms with Crippen molar-refractivity contribution < 1.29 is 18.3 Å². The molecule has 0 spiro atoms. The van der Waals surface area contributed by atoms with Gasteiger partial charge in [0.2, 0.25) is 0 Å². The average molecular weight is 287 g/mol. The first-order valence-corrected chi connectivity index (χ1v) is 6.93. The molecule has 0 fully saturated rings. The molecule has 0 aliphatic heterocycles. The second-order valence-electron chi connectivity index (χ2n) is 4.48. The van der Waals surface area contributed by atoms with Crippen LogP contribution >= 0.6 is 0 Å². The Morgan fingerprint density at radius 3 is 2.60 bits per heavy atom. The van der Waals surface area contributed by atoms with Crippen molar-refractivity contribution in [2.45, 2.75) is 32.2 Å². The van der Waals surface area contributed by atoms with Gasteiger partial charge >= 0.3 is 0 Å². The van der Waals surface area contributed by atoms with Crippen molar-refractivity contribution >= 4 is 0 Å². The van der Waals surface area contributed by atoms with Crippen LogP contribution in [0, 0.1) is 0 Å². The van der Waals surface area contributed by atoms with Gasteiger partial charge in [0.05, 0.1) is 6.61 Å². The van der Waals surface area contributed by atoms with Gasteiger partial charge in [-0.3, -0.25) is 0 Å². The minimum atomic E-state index is -2.41. The Hall–Kier alpha value is -1.20. The molecule has 0 aliphatic rings. The zero-order chi connectivity index (χ0) is 14.8. The molecule has 1 N–H and O–H groups in total. The summed E-state index contributed by atoms with van der Waals surface area (Å²) < 4.78 is 34.7. The van der Waals surface area contributed by atoms with Gasteiger partial charge in [-0.25, -0.2) is 8.78 Å². The van der Waals surface area contributed by atoms with E-state index in [1.54, 1.807) is 0 Å². The molecule has 20 heavy (non-hydrogen) atoms. The van der Waals surface area contributed by atoms with Crippen LogP contribution in [0.25, 0.3) is 0 Å². The lowest BCUT2D eigenvalue weighted by molar-refractivity contribution is 0.0145. The third-order valence-electron chi connectivity index (χ3n) is 2.90. The van der Waals surface area contributed by atoms with E-state index in [0.29, 0.717) is 13.0 Å². The lowest BCUT2D eigenvalue weighted by Crippen LogP contribution is -2.20. The Morgan fingerprint density at radius 2 is 1.95 bits per heavy atom. The highest BCUT2D eigenvalue weighted by molar-refractivity contribution is 5.35. The van der Waals surface area contributed by atoms with E-state index >= 15 is 0 Å². The largest absolute Gasteiger partial charge is 0.493 e. The van der Waals surface area contributed by atoms with E-state index in [0.717, 1.165) is 17.7 Å². The molecule has 1 aromatic carbocycles.